The number of aromatic nitrogens is 1. The third-order valence-electron chi connectivity index (χ3n) is 6.96. The van der Waals surface area contributed by atoms with Crippen LogP contribution in [0.4, 0.5) is 14.5 Å². The van der Waals surface area contributed by atoms with Crippen molar-refractivity contribution in [3.05, 3.63) is 78.5 Å². The second kappa shape index (κ2) is 12.9. The van der Waals surface area contributed by atoms with Gasteiger partial charge in [0.15, 0.2) is 16.4 Å². The SMILES string of the molecule is COc1cc2c(Oc3cccc(NS(=O)(=O)c4c(F)cccc4F)c3)ccnc2cc1OCCCN1CCN(C)CC1. The molecular formula is C30H32F2N4O5S. The fraction of sp³-hybridized carbons (Fsp3) is 0.300. The Kier molecular flexibility index (Phi) is 9.05. The van der Waals surface area contributed by atoms with E-state index in [1.165, 1.54) is 12.1 Å². The van der Waals surface area contributed by atoms with Crippen LogP contribution in [-0.2, 0) is 10.0 Å². The van der Waals surface area contributed by atoms with Gasteiger partial charge in [-0.15, -0.1) is 0 Å². The lowest BCUT2D eigenvalue weighted by molar-refractivity contribution is 0.145. The van der Waals surface area contributed by atoms with Gasteiger partial charge in [-0.25, -0.2) is 17.2 Å². The molecule has 0 unspecified atom stereocenters. The topological polar surface area (TPSA) is 93.2 Å². The summed E-state index contributed by atoms with van der Waals surface area (Å²) in [6, 6.07) is 14.1. The van der Waals surface area contributed by atoms with Gasteiger partial charge >= 0.3 is 0 Å². The predicted octanol–water partition coefficient (Wildman–Crippen LogP) is 5.13. The quantitative estimate of drug-likeness (QED) is 0.238. The number of pyridine rings is 1. The minimum Gasteiger partial charge on any atom is -0.493 e. The molecular weight excluding hydrogens is 566 g/mol. The largest absolute Gasteiger partial charge is 0.493 e. The molecule has 1 N–H and O–H groups in total. The van der Waals surface area contributed by atoms with Crippen LogP contribution in [0.1, 0.15) is 6.42 Å². The van der Waals surface area contributed by atoms with E-state index >= 15 is 0 Å². The van der Waals surface area contributed by atoms with Gasteiger partial charge in [-0.2, -0.15) is 0 Å². The van der Waals surface area contributed by atoms with Crippen molar-refractivity contribution in [2.75, 3.05) is 58.2 Å². The van der Waals surface area contributed by atoms with Crippen LogP contribution in [0.2, 0.25) is 0 Å². The highest BCUT2D eigenvalue weighted by Gasteiger charge is 2.24. The summed E-state index contributed by atoms with van der Waals surface area (Å²) in [4.78, 5) is 8.16. The molecule has 1 aliphatic heterocycles. The van der Waals surface area contributed by atoms with E-state index in [0.717, 1.165) is 57.3 Å². The molecule has 9 nitrogen and oxygen atoms in total. The smallest absolute Gasteiger partial charge is 0.267 e. The average molecular weight is 599 g/mol. The molecule has 4 aromatic rings. The van der Waals surface area contributed by atoms with Crippen LogP contribution >= 0.6 is 0 Å². The number of hydrogen-bond acceptors (Lipinski definition) is 8. The van der Waals surface area contributed by atoms with Crippen molar-refractivity contribution < 1.29 is 31.4 Å². The molecule has 0 bridgehead atoms. The number of sulfonamides is 1. The van der Waals surface area contributed by atoms with Crippen LogP contribution in [0.5, 0.6) is 23.0 Å². The number of rotatable bonds is 11. The molecule has 0 spiro atoms. The van der Waals surface area contributed by atoms with Crippen LogP contribution in [0.15, 0.2) is 71.8 Å². The number of nitrogens with one attached hydrogen (secondary N) is 1. The first-order chi connectivity index (χ1) is 20.2. The lowest BCUT2D eigenvalue weighted by Crippen LogP contribution is -2.44. The van der Waals surface area contributed by atoms with Gasteiger partial charge in [-0.3, -0.25) is 9.71 Å². The molecule has 222 valence electrons. The van der Waals surface area contributed by atoms with Gasteiger partial charge in [-0.1, -0.05) is 12.1 Å². The summed E-state index contributed by atoms with van der Waals surface area (Å²) < 4.78 is 73.6. The van der Waals surface area contributed by atoms with Crippen LogP contribution in [0.25, 0.3) is 10.9 Å². The third-order valence-corrected chi connectivity index (χ3v) is 8.39. The zero-order chi connectivity index (χ0) is 29.7. The Labute approximate surface area is 243 Å². The van der Waals surface area contributed by atoms with Crippen LogP contribution in [0.3, 0.4) is 0 Å². The van der Waals surface area contributed by atoms with Gasteiger partial charge < -0.3 is 24.0 Å². The molecule has 1 saturated heterocycles. The van der Waals surface area contributed by atoms with Crippen molar-refractivity contribution >= 4 is 26.6 Å². The first kappa shape index (κ1) is 29.5. The standard InChI is InChI=1S/C30H32F2N4O5S/c1-35-13-15-36(16-14-35)12-5-17-40-29-20-26-23(19-28(29)39-2)27(10-11-33-26)41-22-7-3-6-21(18-22)34-42(37,38)30-24(31)8-4-9-25(30)32/h3-4,6-11,18-20,34H,5,12-17H2,1-2H3. The lowest BCUT2D eigenvalue weighted by atomic mass is 10.1. The first-order valence-corrected chi connectivity index (χ1v) is 15.0. The summed E-state index contributed by atoms with van der Waals surface area (Å²) in [5, 5.41) is 0.651. The van der Waals surface area contributed by atoms with E-state index < -0.39 is 26.6 Å². The number of ether oxygens (including phenoxy) is 3. The summed E-state index contributed by atoms with van der Waals surface area (Å²) in [7, 11) is -0.837. The first-order valence-electron chi connectivity index (χ1n) is 13.5. The van der Waals surface area contributed by atoms with E-state index in [4.69, 9.17) is 14.2 Å². The van der Waals surface area contributed by atoms with Crippen molar-refractivity contribution in [1.29, 1.82) is 0 Å². The van der Waals surface area contributed by atoms with E-state index in [1.807, 2.05) is 0 Å². The van der Waals surface area contributed by atoms with E-state index in [1.54, 1.807) is 43.6 Å². The van der Waals surface area contributed by atoms with E-state index in [2.05, 4.69) is 26.6 Å². The zero-order valence-electron chi connectivity index (χ0n) is 23.3. The average Bonchev–Trinajstić information content (AvgIpc) is 2.96. The normalized spacial score (nSPS) is 14.6. The molecule has 0 radical (unpaired) electrons. The highest BCUT2D eigenvalue weighted by Crippen LogP contribution is 2.37. The molecule has 42 heavy (non-hydrogen) atoms. The Hall–Kier alpha value is -4.00. The number of methoxy groups -OCH3 is 1. The molecule has 3 aromatic carbocycles. The maximum Gasteiger partial charge on any atom is 0.267 e. The minimum absolute atomic E-state index is 0.0679. The van der Waals surface area contributed by atoms with E-state index in [0.29, 0.717) is 40.5 Å². The maximum atomic E-state index is 14.1. The summed E-state index contributed by atoms with van der Waals surface area (Å²) in [6.07, 6.45) is 2.47. The Bertz CT molecular complexity index is 1640. The maximum absolute atomic E-state index is 14.1. The van der Waals surface area contributed by atoms with Gasteiger partial charge in [0.2, 0.25) is 0 Å². The van der Waals surface area contributed by atoms with Crippen molar-refractivity contribution in [3.8, 4) is 23.0 Å². The number of benzene rings is 3. The molecule has 0 atom stereocenters. The monoisotopic (exact) mass is 598 g/mol. The molecule has 1 fully saturated rings. The van der Waals surface area contributed by atoms with E-state index in [-0.39, 0.29) is 5.69 Å². The minimum atomic E-state index is -4.53. The zero-order valence-corrected chi connectivity index (χ0v) is 24.2. The lowest BCUT2D eigenvalue weighted by Gasteiger charge is -2.32. The summed E-state index contributed by atoms with van der Waals surface area (Å²) in [5.41, 5.74) is 0.688. The van der Waals surface area contributed by atoms with Gasteiger partial charge in [0, 0.05) is 56.4 Å². The Morgan fingerprint density at radius 1 is 0.929 bits per heavy atom. The molecule has 2 heterocycles. The van der Waals surface area contributed by atoms with Crippen LogP contribution in [0, 0.1) is 11.6 Å². The number of fused-ring (bicyclic) bond motifs is 1. The fourth-order valence-corrected chi connectivity index (χ4v) is 5.92. The molecule has 0 aliphatic carbocycles. The van der Waals surface area contributed by atoms with Crippen molar-refractivity contribution in [2.45, 2.75) is 11.3 Å². The summed E-state index contributed by atoms with van der Waals surface area (Å²) in [6.45, 7) is 5.75. The Morgan fingerprint density at radius 2 is 1.67 bits per heavy atom. The molecule has 5 rings (SSSR count). The van der Waals surface area contributed by atoms with Crippen molar-refractivity contribution in [1.82, 2.24) is 14.8 Å². The van der Waals surface area contributed by atoms with Crippen LogP contribution < -0.4 is 18.9 Å². The number of piperazine rings is 1. The van der Waals surface area contributed by atoms with Gasteiger partial charge in [0.25, 0.3) is 10.0 Å². The summed E-state index contributed by atoms with van der Waals surface area (Å²) >= 11 is 0. The third kappa shape index (κ3) is 6.89. The molecule has 12 heteroatoms. The van der Waals surface area contributed by atoms with Gasteiger partial charge in [-0.05, 0) is 49.9 Å². The molecule has 0 saturated carbocycles. The van der Waals surface area contributed by atoms with Crippen LogP contribution in [-0.4, -0.2) is 76.7 Å². The highest BCUT2D eigenvalue weighted by molar-refractivity contribution is 7.92. The van der Waals surface area contributed by atoms with E-state index in [9.17, 15) is 17.2 Å². The van der Waals surface area contributed by atoms with Crippen molar-refractivity contribution in [2.24, 2.45) is 0 Å². The fourth-order valence-electron chi connectivity index (χ4n) is 4.73. The van der Waals surface area contributed by atoms with Gasteiger partial charge in [0.05, 0.1) is 24.9 Å². The molecule has 1 aromatic heterocycles. The Morgan fingerprint density at radius 3 is 2.40 bits per heavy atom. The molecule has 0 amide bonds. The second-order valence-electron chi connectivity index (χ2n) is 9.96. The second-order valence-corrected chi connectivity index (χ2v) is 11.6. The number of nitrogens with zero attached hydrogens (tertiary/aromatic N) is 3. The number of anilines is 1. The molecule has 1 aliphatic rings. The van der Waals surface area contributed by atoms with Gasteiger partial charge in [0.1, 0.15) is 23.1 Å². The predicted molar refractivity (Wildman–Crippen MR) is 156 cm³/mol. The number of likely N-dealkylation sites (N-methyl/N-ethyl adjacent to an activating group) is 1. The number of halogens is 2. The van der Waals surface area contributed by atoms with Crippen molar-refractivity contribution in [3.63, 3.8) is 0 Å². The highest BCUT2D eigenvalue weighted by atomic mass is 32.2. The summed E-state index contributed by atoms with van der Waals surface area (Å²) in [5.74, 6) is -0.547. The number of hydrogen-bond donors (Lipinski definition) is 1. The Balaban J connectivity index is 1.30.